The molecule has 18 heavy (non-hydrogen) atoms. The first-order chi connectivity index (χ1) is 8.49. The molecule has 0 saturated heterocycles. The highest BCUT2D eigenvalue weighted by atomic mass is 16.6. The van der Waals surface area contributed by atoms with Gasteiger partial charge in [0.2, 0.25) is 0 Å². The first-order valence-electron chi connectivity index (χ1n) is 5.41. The van der Waals surface area contributed by atoms with Crippen molar-refractivity contribution < 1.29 is 9.72 Å². The summed E-state index contributed by atoms with van der Waals surface area (Å²) in [6.45, 7) is 1.48. The standard InChI is InChI=1S/C13H12N2O3/c1-9(16)3-4-10-8-14(2)13-7-11(15(17)18)5-6-12(10)13/h3-8H,1-2H3. The monoisotopic (exact) mass is 244 g/mol. The second kappa shape index (κ2) is 4.44. The topological polar surface area (TPSA) is 65.1 Å². The molecule has 0 saturated carbocycles. The van der Waals surface area contributed by atoms with Gasteiger partial charge in [-0.2, -0.15) is 0 Å². The maximum absolute atomic E-state index is 10.9. The number of rotatable bonds is 3. The number of benzene rings is 1. The molecule has 1 aromatic carbocycles. The van der Waals surface area contributed by atoms with Crippen LogP contribution in [0.25, 0.3) is 17.0 Å². The summed E-state index contributed by atoms with van der Waals surface area (Å²) in [5.74, 6) is -0.0334. The number of hydrogen-bond acceptors (Lipinski definition) is 3. The van der Waals surface area contributed by atoms with E-state index in [-0.39, 0.29) is 11.5 Å². The Morgan fingerprint density at radius 2 is 2.17 bits per heavy atom. The molecule has 0 unspecified atom stereocenters. The Hall–Kier alpha value is -2.43. The largest absolute Gasteiger partial charge is 0.350 e. The molecule has 0 amide bonds. The predicted octanol–water partition coefficient (Wildman–Crippen LogP) is 2.69. The second-order valence-electron chi connectivity index (χ2n) is 4.10. The van der Waals surface area contributed by atoms with Crippen molar-refractivity contribution in [2.45, 2.75) is 6.92 Å². The van der Waals surface area contributed by atoms with E-state index >= 15 is 0 Å². The number of carbonyl (C=O) groups is 1. The molecule has 1 aromatic heterocycles. The smallest absolute Gasteiger partial charge is 0.271 e. The number of ketones is 1. The molecule has 0 aliphatic carbocycles. The zero-order chi connectivity index (χ0) is 13.3. The fourth-order valence-corrected chi connectivity index (χ4v) is 1.86. The van der Waals surface area contributed by atoms with Gasteiger partial charge in [0.25, 0.3) is 5.69 Å². The molecule has 0 atom stereocenters. The normalized spacial score (nSPS) is 11.2. The Morgan fingerprint density at radius 3 is 2.78 bits per heavy atom. The molecule has 0 fully saturated rings. The van der Waals surface area contributed by atoms with Gasteiger partial charge in [-0.25, -0.2) is 0 Å². The van der Waals surface area contributed by atoms with Crippen molar-refractivity contribution in [1.29, 1.82) is 0 Å². The van der Waals surface area contributed by atoms with E-state index in [0.29, 0.717) is 0 Å². The number of carbonyl (C=O) groups excluding carboxylic acids is 1. The lowest BCUT2D eigenvalue weighted by molar-refractivity contribution is -0.384. The molecule has 0 radical (unpaired) electrons. The van der Waals surface area contributed by atoms with E-state index in [1.165, 1.54) is 25.1 Å². The van der Waals surface area contributed by atoms with Crippen LogP contribution in [0.1, 0.15) is 12.5 Å². The van der Waals surface area contributed by atoms with Gasteiger partial charge in [-0.15, -0.1) is 0 Å². The van der Waals surface area contributed by atoms with Crippen molar-refractivity contribution in [2.75, 3.05) is 0 Å². The summed E-state index contributed by atoms with van der Waals surface area (Å²) >= 11 is 0. The average Bonchev–Trinajstić information content (AvgIpc) is 2.63. The van der Waals surface area contributed by atoms with Crippen molar-refractivity contribution in [3.05, 3.63) is 46.1 Å². The summed E-state index contributed by atoms with van der Waals surface area (Å²) in [7, 11) is 1.82. The number of hydrogen-bond donors (Lipinski definition) is 0. The van der Waals surface area contributed by atoms with Gasteiger partial charge < -0.3 is 4.57 Å². The number of nitro benzene ring substituents is 1. The number of non-ortho nitro benzene ring substituents is 1. The fourth-order valence-electron chi connectivity index (χ4n) is 1.86. The molecule has 2 aromatic rings. The fraction of sp³-hybridized carbons (Fsp3) is 0.154. The highest BCUT2D eigenvalue weighted by molar-refractivity contribution is 5.96. The summed E-state index contributed by atoms with van der Waals surface area (Å²) in [6.07, 6.45) is 5.04. The Balaban J connectivity index is 2.59. The van der Waals surface area contributed by atoms with Crippen LogP contribution in [0.4, 0.5) is 5.69 Å². The third-order valence-corrected chi connectivity index (χ3v) is 2.71. The van der Waals surface area contributed by atoms with Gasteiger partial charge in [-0.05, 0) is 25.1 Å². The number of nitro groups is 1. The van der Waals surface area contributed by atoms with E-state index in [1.54, 1.807) is 12.1 Å². The lowest BCUT2D eigenvalue weighted by Crippen LogP contribution is -1.89. The minimum Gasteiger partial charge on any atom is -0.350 e. The minimum absolute atomic E-state index is 0.0334. The molecular weight excluding hydrogens is 232 g/mol. The van der Waals surface area contributed by atoms with Gasteiger partial charge in [-0.1, -0.05) is 0 Å². The van der Waals surface area contributed by atoms with Crippen LogP contribution in [0.15, 0.2) is 30.5 Å². The van der Waals surface area contributed by atoms with Crippen LogP contribution in [0.5, 0.6) is 0 Å². The number of aryl methyl sites for hydroxylation is 1. The van der Waals surface area contributed by atoms with E-state index in [9.17, 15) is 14.9 Å². The van der Waals surface area contributed by atoms with Crippen molar-refractivity contribution >= 4 is 28.4 Å². The van der Waals surface area contributed by atoms with E-state index in [0.717, 1.165) is 16.5 Å². The Labute approximate surface area is 103 Å². The third kappa shape index (κ3) is 2.15. The van der Waals surface area contributed by atoms with Gasteiger partial charge in [0.1, 0.15) is 0 Å². The van der Waals surface area contributed by atoms with Gasteiger partial charge in [-0.3, -0.25) is 14.9 Å². The van der Waals surface area contributed by atoms with E-state index in [4.69, 9.17) is 0 Å². The summed E-state index contributed by atoms with van der Waals surface area (Å²) in [4.78, 5) is 21.2. The molecule has 2 rings (SSSR count). The molecular formula is C13H12N2O3. The van der Waals surface area contributed by atoms with Crippen molar-refractivity contribution in [1.82, 2.24) is 4.57 Å². The summed E-state index contributed by atoms with van der Waals surface area (Å²) < 4.78 is 1.81. The number of fused-ring (bicyclic) bond motifs is 1. The zero-order valence-corrected chi connectivity index (χ0v) is 10.1. The Bertz CT molecular complexity index is 668. The van der Waals surface area contributed by atoms with Crippen LogP contribution in [0, 0.1) is 10.1 Å². The highest BCUT2D eigenvalue weighted by Crippen LogP contribution is 2.25. The molecule has 5 heteroatoms. The van der Waals surface area contributed by atoms with Gasteiger partial charge in [0, 0.05) is 36.3 Å². The maximum atomic E-state index is 10.9. The summed E-state index contributed by atoms with van der Waals surface area (Å²) in [6, 6.07) is 4.70. The van der Waals surface area contributed by atoms with Crippen LogP contribution < -0.4 is 0 Å². The average molecular weight is 244 g/mol. The molecule has 0 aliphatic rings. The van der Waals surface area contributed by atoms with Gasteiger partial charge in [0.05, 0.1) is 10.4 Å². The van der Waals surface area contributed by atoms with E-state index in [1.807, 2.05) is 17.8 Å². The minimum atomic E-state index is -0.419. The van der Waals surface area contributed by atoms with Crippen LogP contribution in [-0.2, 0) is 11.8 Å². The quantitative estimate of drug-likeness (QED) is 0.473. The first kappa shape index (κ1) is 12.0. The first-order valence-corrected chi connectivity index (χ1v) is 5.41. The molecule has 5 nitrogen and oxygen atoms in total. The summed E-state index contributed by atoms with van der Waals surface area (Å²) in [5.41, 5.74) is 1.70. The van der Waals surface area contributed by atoms with Crippen LogP contribution in [0.3, 0.4) is 0 Å². The highest BCUT2D eigenvalue weighted by Gasteiger charge is 2.10. The lowest BCUT2D eigenvalue weighted by atomic mass is 10.1. The van der Waals surface area contributed by atoms with Gasteiger partial charge >= 0.3 is 0 Å². The summed E-state index contributed by atoms with van der Waals surface area (Å²) in [5, 5.41) is 11.6. The van der Waals surface area contributed by atoms with E-state index in [2.05, 4.69) is 0 Å². The molecule has 92 valence electrons. The van der Waals surface area contributed by atoms with Gasteiger partial charge in [0.15, 0.2) is 5.78 Å². The Kier molecular flexibility index (Phi) is 2.97. The molecule has 0 N–H and O–H groups in total. The molecule has 0 bridgehead atoms. The second-order valence-corrected chi connectivity index (χ2v) is 4.10. The van der Waals surface area contributed by atoms with Crippen molar-refractivity contribution in [3.8, 4) is 0 Å². The Morgan fingerprint density at radius 1 is 1.44 bits per heavy atom. The molecule has 0 spiro atoms. The maximum Gasteiger partial charge on any atom is 0.271 e. The SMILES string of the molecule is CC(=O)C=Cc1cn(C)c2cc([N+](=O)[O-])ccc12. The van der Waals surface area contributed by atoms with Crippen LogP contribution >= 0.6 is 0 Å². The van der Waals surface area contributed by atoms with Crippen LogP contribution in [-0.4, -0.2) is 15.3 Å². The van der Waals surface area contributed by atoms with Crippen LogP contribution in [0.2, 0.25) is 0 Å². The van der Waals surface area contributed by atoms with Crippen molar-refractivity contribution in [2.24, 2.45) is 7.05 Å². The number of nitrogens with zero attached hydrogens (tertiary/aromatic N) is 2. The van der Waals surface area contributed by atoms with E-state index < -0.39 is 4.92 Å². The zero-order valence-electron chi connectivity index (χ0n) is 10.1. The molecule has 0 aliphatic heterocycles. The predicted molar refractivity (Wildman–Crippen MR) is 69.3 cm³/mol. The number of allylic oxidation sites excluding steroid dienone is 1. The molecule has 1 heterocycles. The third-order valence-electron chi connectivity index (χ3n) is 2.71. The van der Waals surface area contributed by atoms with Crippen molar-refractivity contribution in [3.63, 3.8) is 0 Å². The lowest BCUT2D eigenvalue weighted by Gasteiger charge is -1.96. The number of aromatic nitrogens is 1.